The van der Waals surface area contributed by atoms with E-state index < -0.39 is 0 Å². The summed E-state index contributed by atoms with van der Waals surface area (Å²) in [6, 6.07) is 10.5. The van der Waals surface area contributed by atoms with Gasteiger partial charge in [0.15, 0.2) is 0 Å². The van der Waals surface area contributed by atoms with Crippen molar-refractivity contribution in [3.05, 3.63) is 54.4 Å². The zero-order valence-corrected chi connectivity index (χ0v) is 16.4. The SMILES string of the molecule is COc1ccc2c(c1)NC1(CCN(C(=O)C3CC=CCC3)CC1)c1cccn1-2. The first kappa shape index (κ1) is 17.4. The van der Waals surface area contributed by atoms with E-state index in [0.717, 1.165) is 62.3 Å². The monoisotopic (exact) mass is 377 g/mol. The molecule has 1 spiro atoms. The Morgan fingerprint density at radius 1 is 1.21 bits per heavy atom. The summed E-state index contributed by atoms with van der Waals surface area (Å²) in [5.74, 6) is 1.37. The minimum Gasteiger partial charge on any atom is -0.497 e. The van der Waals surface area contributed by atoms with Gasteiger partial charge in [0.2, 0.25) is 5.91 Å². The van der Waals surface area contributed by atoms with Crippen LogP contribution in [0.2, 0.25) is 0 Å². The van der Waals surface area contributed by atoms with Crippen LogP contribution in [-0.2, 0) is 10.3 Å². The van der Waals surface area contributed by atoms with Crippen LogP contribution in [0.25, 0.3) is 5.69 Å². The fourth-order valence-corrected chi connectivity index (χ4v) is 5.02. The van der Waals surface area contributed by atoms with Crippen molar-refractivity contribution < 1.29 is 9.53 Å². The lowest BCUT2D eigenvalue weighted by Gasteiger charge is -2.46. The number of carbonyl (C=O) groups is 1. The van der Waals surface area contributed by atoms with Crippen LogP contribution in [0.15, 0.2) is 48.7 Å². The van der Waals surface area contributed by atoms with E-state index in [1.165, 1.54) is 5.69 Å². The molecule has 2 aromatic rings. The van der Waals surface area contributed by atoms with Gasteiger partial charge < -0.3 is 19.5 Å². The fourth-order valence-electron chi connectivity index (χ4n) is 5.02. The van der Waals surface area contributed by atoms with Crippen molar-refractivity contribution in [1.82, 2.24) is 9.47 Å². The molecule has 3 heterocycles. The third-order valence-electron chi connectivity index (χ3n) is 6.62. The number of benzene rings is 1. The van der Waals surface area contributed by atoms with Crippen LogP contribution in [0.1, 0.15) is 37.8 Å². The molecule has 1 N–H and O–H groups in total. The number of hydrogen-bond acceptors (Lipinski definition) is 3. The number of hydrogen-bond donors (Lipinski definition) is 1. The first-order valence-electron chi connectivity index (χ1n) is 10.3. The van der Waals surface area contributed by atoms with Crippen molar-refractivity contribution >= 4 is 11.6 Å². The largest absolute Gasteiger partial charge is 0.497 e. The Hall–Kier alpha value is -2.69. The molecule has 1 aromatic heterocycles. The normalized spacial score (nSPS) is 22.3. The van der Waals surface area contributed by atoms with Crippen molar-refractivity contribution in [1.29, 1.82) is 0 Å². The van der Waals surface area contributed by atoms with Crippen molar-refractivity contribution in [2.45, 2.75) is 37.6 Å². The highest BCUT2D eigenvalue weighted by molar-refractivity contribution is 5.79. The van der Waals surface area contributed by atoms with Crippen LogP contribution >= 0.6 is 0 Å². The Kier molecular flexibility index (Phi) is 4.18. The number of nitrogens with zero attached hydrogens (tertiary/aromatic N) is 2. The van der Waals surface area contributed by atoms with E-state index in [1.807, 2.05) is 6.07 Å². The van der Waals surface area contributed by atoms with Crippen molar-refractivity contribution in [3.63, 3.8) is 0 Å². The van der Waals surface area contributed by atoms with Crippen LogP contribution in [0.5, 0.6) is 5.75 Å². The number of aromatic nitrogens is 1. The number of fused-ring (bicyclic) bond motifs is 4. The lowest BCUT2D eigenvalue weighted by Crippen LogP contribution is -2.52. The lowest BCUT2D eigenvalue weighted by molar-refractivity contribution is -0.137. The molecule has 3 aliphatic rings. The summed E-state index contributed by atoms with van der Waals surface area (Å²) < 4.78 is 7.72. The molecule has 0 bridgehead atoms. The number of piperidine rings is 1. The van der Waals surface area contributed by atoms with Crippen LogP contribution in [0.3, 0.4) is 0 Å². The quantitative estimate of drug-likeness (QED) is 0.802. The summed E-state index contributed by atoms with van der Waals surface area (Å²) in [5, 5.41) is 3.82. The highest BCUT2D eigenvalue weighted by Crippen LogP contribution is 2.44. The number of amides is 1. The summed E-state index contributed by atoms with van der Waals surface area (Å²) in [4.78, 5) is 15.0. The fraction of sp³-hybridized carbons (Fsp3) is 0.435. The zero-order chi connectivity index (χ0) is 19.1. The van der Waals surface area contributed by atoms with Crippen LogP contribution in [-0.4, -0.2) is 35.6 Å². The van der Waals surface area contributed by atoms with Gasteiger partial charge in [-0.25, -0.2) is 0 Å². The zero-order valence-electron chi connectivity index (χ0n) is 16.4. The summed E-state index contributed by atoms with van der Waals surface area (Å²) in [6.45, 7) is 1.60. The van der Waals surface area contributed by atoms with E-state index in [2.05, 4.69) is 57.4 Å². The van der Waals surface area contributed by atoms with Gasteiger partial charge in [0.1, 0.15) is 5.75 Å². The number of rotatable bonds is 2. The average molecular weight is 377 g/mol. The molecule has 1 fully saturated rings. The molecule has 0 radical (unpaired) electrons. The second kappa shape index (κ2) is 6.73. The van der Waals surface area contributed by atoms with Crippen molar-refractivity contribution in [2.75, 3.05) is 25.5 Å². The van der Waals surface area contributed by atoms with Gasteiger partial charge in [-0.1, -0.05) is 12.2 Å². The molecule has 5 rings (SSSR count). The van der Waals surface area contributed by atoms with Gasteiger partial charge in [-0.05, 0) is 56.4 Å². The summed E-state index contributed by atoms with van der Waals surface area (Å²) >= 11 is 0. The molecule has 1 saturated heterocycles. The van der Waals surface area contributed by atoms with Gasteiger partial charge in [0, 0.05) is 37.0 Å². The number of likely N-dealkylation sites (tertiary alicyclic amines) is 1. The molecule has 1 amide bonds. The number of nitrogens with one attached hydrogen (secondary N) is 1. The van der Waals surface area contributed by atoms with Crippen LogP contribution < -0.4 is 10.1 Å². The van der Waals surface area contributed by atoms with Crippen molar-refractivity contribution in [3.8, 4) is 11.4 Å². The molecule has 0 saturated carbocycles. The van der Waals surface area contributed by atoms with E-state index in [9.17, 15) is 4.79 Å². The Morgan fingerprint density at radius 3 is 2.82 bits per heavy atom. The highest BCUT2D eigenvalue weighted by Gasteiger charge is 2.43. The Bertz CT molecular complexity index is 922. The van der Waals surface area contributed by atoms with Crippen LogP contribution in [0, 0.1) is 5.92 Å². The maximum absolute atomic E-state index is 13.0. The predicted molar refractivity (Wildman–Crippen MR) is 110 cm³/mol. The van der Waals surface area contributed by atoms with E-state index in [1.54, 1.807) is 7.11 Å². The molecule has 2 aliphatic heterocycles. The molecule has 5 heteroatoms. The Labute approximate surface area is 166 Å². The summed E-state index contributed by atoms with van der Waals surface area (Å²) in [7, 11) is 1.70. The summed E-state index contributed by atoms with van der Waals surface area (Å²) in [6.07, 6.45) is 11.2. The van der Waals surface area contributed by atoms with E-state index in [-0.39, 0.29) is 11.5 Å². The van der Waals surface area contributed by atoms with Gasteiger partial charge in [0.05, 0.1) is 24.0 Å². The summed E-state index contributed by atoms with van der Waals surface area (Å²) in [5.41, 5.74) is 3.41. The van der Waals surface area contributed by atoms with Gasteiger partial charge in [0.25, 0.3) is 0 Å². The molecule has 1 unspecified atom stereocenters. The van der Waals surface area contributed by atoms with Gasteiger partial charge in [-0.2, -0.15) is 0 Å². The first-order chi connectivity index (χ1) is 13.7. The van der Waals surface area contributed by atoms with Crippen molar-refractivity contribution in [2.24, 2.45) is 5.92 Å². The van der Waals surface area contributed by atoms with Gasteiger partial charge >= 0.3 is 0 Å². The molecular formula is C23H27N3O2. The molecule has 146 valence electrons. The minimum atomic E-state index is -0.133. The highest BCUT2D eigenvalue weighted by atomic mass is 16.5. The van der Waals surface area contributed by atoms with Crippen LogP contribution in [0.4, 0.5) is 5.69 Å². The predicted octanol–water partition coefficient (Wildman–Crippen LogP) is 4.09. The third kappa shape index (κ3) is 2.72. The molecule has 5 nitrogen and oxygen atoms in total. The Morgan fingerprint density at radius 2 is 2.07 bits per heavy atom. The molecule has 28 heavy (non-hydrogen) atoms. The number of carbonyl (C=O) groups excluding carboxylic acids is 1. The number of anilines is 1. The first-order valence-corrected chi connectivity index (χ1v) is 10.3. The second-order valence-electron chi connectivity index (χ2n) is 8.16. The van der Waals surface area contributed by atoms with E-state index in [0.29, 0.717) is 5.91 Å². The topological polar surface area (TPSA) is 46.5 Å². The van der Waals surface area contributed by atoms with Gasteiger partial charge in [-0.15, -0.1) is 0 Å². The third-order valence-corrected chi connectivity index (χ3v) is 6.62. The number of allylic oxidation sites excluding steroid dienone is 2. The smallest absolute Gasteiger partial charge is 0.226 e. The minimum absolute atomic E-state index is 0.133. The average Bonchev–Trinajstić information content (AvgIpc) is 3.25. The number of ether oxygens (including phenoxy) is 1. The maximum atomic E-state index is 13.0. The maximum Gasteiger partial charge on any atom is 0.226 e. The standard InChI is InChI=1S/C23H27N3O2/c1-28-18-9-10-20-19(16-18)24-23(21-8-5-13-26(20)21)11-14-25(15-12-23)22(27)17-6-3-2-4-7-17/h2-3,5,8-10,13,16-17,24H,4,6-7,11-12,14-15H2,1H3. The Balaban J connectivity index is 1.39. The van der Waals surface area contributed by atoms with E-state index >= 15 is 0 Å². The van der Waals surface area contributed by atoms with Gasteiger partial charge in [-0.3, -0.25) is 4.79 Å². The molecule has 1 atom stereocenters. The molecular weight excluding hydrogens is 350 g/mol. The second-order valence-corrected chi connectivity index (χ2v) is 8.16. The number of methoxy groups -OCH3 is 1. The molecule has 1 aromatic carbocycles. The lowest BCUT2D eigenvalue weighted by atomic mass is 9.81. The van der Waals surface area contributed by atoms with E-state index in [4.69, 9.17) is 4.74 Å². The molecule has 1 aliphatic carbocycles.